The summed E-state index contributed by atoms with van der Waals surface area (Å²) in [5.41, 5.74) is -1.69. The summed E-state index contributed by atoms with van der Waals surface area (Å²) in [4.78, 5) is 9.46. The van der Waals surface area contributed by atoms with Crippen molar-refractivity contribution in [3.8, 4) is 22.5 Å². The minimum atomic E-state index is -4.90. The highest BCUT2D eigenvalue weighted by Gasteiger charge is 2.37. The lowest BCUT2D eigenvalue weighted by atomic mass is 10.00. The first-order chi connectivity index (χ1) is 14.1. The van der Waals surface area contributed by atoms with Crippen LogP contribution >= 0.6 is 11.8 Å². The molecule has 0 radical (unpaired) electrons. The smallest absolute Gasteiger partial charge is 0.254 e. The summed E-state index contributed by atoms with van der Waals surface area (Å²) < 4.78 is 78.5. The van der Waals surface area contributed by atoms with Crippen LogP contribution < -0.4 is 0 Å². The normalized spacial score (nSPS) is 12.2. The fraction of sp³-hybridized carbons (Fsp3) is 0.238. The van der Waals surface area contributed by atoms with Crippen molar-refractivity contribution in [2.45, 2.75) is 30.6 Å². The van der Waals surface area contributed by atoms with Crippen molar-refractivity contribution in [2.24, 2.45) is 0 Å². The van der Waals surface area contributed by atoms with Crippen molar-refractivity contribution < 1.29 is 26.3 Å². The predicted octanol–water partition coefficient (Wildman–Crippen LogP) is 7.35. The molecular weight excluding hydrogens is 426 g/mol. The highest BCUT2D eigenvalue weighted by Crippen LogP contribution is 2.39. The molecule has 0 N–H and O–H groups in total. The Balaban J connectivity index is 2.01. The van der Waals surface area contributed by atoms with Gasteiger partial charge >= 0.3 is 12.4 Å². The fourth-order valence-corrected chi connectivity index (χ4v) is 3.63. The zero-order valence-corrected chi connectivity index (χ0v) is 16.5. The standard InChI is InChI=1S/C21H16F6N2S/c1-2-8-30-18-4-3-7-28-19(18)17-6-5-13(12-29-17)14-9-15(20(22,23)24)11-16(10-14)21(25,26)27/h3-7,9-12H,2,8H2,1H3. The molecule has 0 unspecified atom stereocenters. The lowest BCUT2D eigenvalue weighted by molar-refractivity contribution is -0.143. The zero-order chi connectivity index (χ0) is 21.9. The van der Waals surface area contributed by atoms with Crippen molar-refractivity contribution in [1.29, 1.82) is 0 Å². The van der Waals surface area contributed by atoms with Gasteiger partial charge < -0.3 is 0 Å². The van der Waals surface area contributed by atoms with Gasteiger partial charge in [-0.25, -0.2) is 0 Å². The Morgan fingerprint density at radius 3 is 2.03 bits per heavy atom. The van der Waals surface area contributed by atoms with Crippen molar-refractivity contribution >= 4 is 11.8 Å². The minimum Gasteiger partial charge on any atom is -0.254 e. The van der Waals surface area contributed by atoms with Gasteiger partial charge in [0.15, 0.2) is 0 Å². The first kappa shape index (κ1) is 22.1. The Morgan fingerprint density at radius 1 is 0.833 bits per heavy atom. The molecule has 0 aliphatic carbocycles. The molecular formula is C21H16F6N2S. The topological polar surface area (TPSA) is 25.8 Å². The Hall–Kier alpha value is -2.55. The number of halogens is 6. The molecule has 0 saturated carbocycles. The molecule has 9 heteroatoms. The summed E-state index contributed by atoms with van der Waals surface area (Å²) >= 11 is 1.60. The summed E-state index contributed by atoms with van der Waals surface area (Å²) in [7, 11) is 0. The van der Waals surface area contributed by atoms with Gasteiger partial charge in [0.25, 0.3) is 0 Å². The van der Waals surface area contributed by atoms with Crippen LogP contribution in [0.15, 0.2) is 59.8 Å². The molecule has 2 aromatic heterocycles. The number of pyridine rings is 2. The Morgan fingerprint density at radius 2 is 1.50 bits per heavy atom. The fourth-order valence-electron chi connectivity index (χ4n) is 2.74. The molecule has 30 heavy (non-hydrogen) atoms. The number of benzene rings is 1. The SMILES string of the molecule is CCCSc1cccnc1-c1ccc(-c2cc(C(F)(F)F)cc(C(F)(F)F)c2)cn1. The first-order valence-corrected chi connectivity index (χ1v) is 9.92. The average Bonchev–Trinajstić information content (AvgIpc) is 2.71. The molecule has 0 spiro atoms. The van der Waals surface area contributed by atoms with Crippen LogP contribution in [0.1, 0.15) is 24.5 Å². The van der Waals surface area contributed by atoms with Crippen LogP contribution in [0.4, 0.5) is 26.3 Å². The number of hydrogen-bond acceptors (Lipinski definition) is 3. The van der Waals surface area contributed by atoms with Crippen LogP contribution in [0.2, 0.25) is 0 Å². The van der Waals surface area contributed by atoms with E-state index in [4.69, 9.17) is 0 Å². The van der Waals surface area contributed by atoms with Crippen LogP contribution in [-0.2, 0) is 12.4 Å². The van der Waals surface area contributed by atoms with Crippen molar-refractivity contribution in [1.82, 2.24) is 9.97 Å². The summed E-state index contributed by atoms with van der Waals surface area (Å²) in [5, 5.41) is 0. The van der Waals surface area contributed by atoms with Crippen LogP contribution in [0, 0.1) is 0 Å². The Bertz CT molecular complexity index is 981. The maximum Gasteiger partial charge on any atom is 0.416 e. The summed E-state index contributed by atoms with van der Waals surface area (Å²) in [6, 6.07) is 8.15. The number of rotatable bonds is 5. The van der Waals surface area contributed by atoms with E-state index in [1.807, 2.05) is 13.0 Å². The van der Waals surface area contributed by atoms with Gasteiger partial charge in [-0.05, 0) is 54.1 Å². The monoisotopic (exact) mass is 442 g/mol. The van der Waals surface area contributed by atoms with E-state index in [0.717, 1.165) is 17.1 Å². The van der Waals surface area contributed by atoms with E-state index in [2.05, 4.69) is 9.97 Å². The summed E-state index contributed by atoms with van der Waals surface area (Å²) in [6.45, 7) is 2.04. The Kier molecular flexibility index (Phi) is 6.40. The summed E-state index contributed by atoms with van der Waals surface area (Å²) in [5.74, 6) is 0.876. The molecule has 0 amide bonds. The lowest BCUT2D eigenvalue weighted by Gasteiger charge is -2.14. The number of alkyl halides is 6. The van der Waals surface area contributed by atoms with Crippen molar-refractivity contribution in [2.75, 3.05) is 5.75 Å². The van der Waals surface area contributed by atoms with E-state index in [0.29, 0.717) is 23.5 Å². The molecule has 2 nitrogen and oxygen atoms in total. The average molecular weight is 442 g/mol. The summed E-state index contributed by atoms with van der Waals surface area (Å²) in [6.07, 6.45) is -5.98. The molecule has 0 aliphatic heterocycles. The molecule has 3 aromatic rings. The first-order valence-electron chi connectivity index (χ1n) is 8.93. The molecule has 158 valence electrons. The second-order valence-corrected chi connectivity index (χ2v) is 7.56. The van der Waals surface area contributed by atoms with E-state index >= 15 is 0 Å². The van der Waals surface area contributed by atoms with E-state index in [1.54, 1.807) is 30.1 Å². The molecule has 2 heterocycles. The van der Waals surface area contributed by atoms with Crippen molar-refractivity contribution in [3.63, 3.8) is 0 Å². The van der Waals surface area contributed by atoms with Gasteiger partial charge in [0.2, 0.25) is 0 Å². The third kappa shape index (κ3) is 5.13. The van der Waals surface area contributed by atoms with Gasteiger partial charge in [0.1, 0.15) is 5.69 Å². The van der Waals surface area contributed by atoms with Gasteiger partial charge in [-0.15, -0.1) is 11.8 Å². The zero-order valence-electron chi connectivity index (χ0n) is 15.7. The second-order valence-electron chi connectivity index (χ2n) is 6.43. The number of thioether (sulfide) groups is 1. The minimum absolute atomic E-state index is 0.108. The van der Waals surface area contributed by atoms with Gasteiger partial charge in [-0.2, -0.15) is 26.3 Å². The van der Waals surface area contributed by atoms with Crippen LogP contribution in [0.5, 0.6) is 0 Å². The van der Waals surface area contributed by atoms with Gasteiger partial charge in [0, 0.05) is 22.9 Å². The van der Waals surface area contributed by atoms with E-state index in [9.17, 15) is 26.3 Å². The Labute approximate surface area is 173 Å². The van der Waals surface area contributed by atoms with Crippen LogP contribution in [0.25, 0.3) is 22.5 Å². The number of nitrogens with zero attached hydrogens (tertiary/aromatic N) is 2. The molecule has 0 bridgehead atoms. The third-order valence-corrected chi connectivity index (χ3v) is 5.41. The second kappa shape index (κ2) is 8.67. The quantitative estimate of drug-likeness (QED) is 0.305. The maximum absolute atomic E-state index is 13.1. The molecule has 0 atom stereocenters. The van der Waals surface area contributed by atoms with Gasteiger partial charge in [-0.3, -0.25) is 9.97 Å². The highest BCUT2D eigenvalue weighted by molar-refractivity contribution is 7.99. The molecule has 1 aromatic carbocycles. The van der Waals surface area contributed by atoms with Gasteiger partial charge in [0.05, 0.1) is 16.8 Å². The lowest BCUT2D eigenvalue weighted by Crippen LogP contribution is -2.11. The van der Waals surface area contributed by atoms with Crippen molar-refractivity contribution in [3.05, 3.63) is 66.0 Å². The molecule has 0 fully saturated rings. The van der Waals surface area contributed by atoms with Crippen LogP contribution in [-0.4, -0.2) is 15.7 Å². The molecule has 0 aliphatic rings. The maximum atomic E-state index is 13.1. The predicted molar refractivity (Wildman–Crippen MR) is 104 cm³/mol. The third-order valence-electron chi connectivity index (χ3n) is 4.16. The molecule has 3 rings (SSSR count). The number of aromatic nitrogens is 2. The van der Waals surface area contributed by atoms with E-state index < -0.39 is 23.5 Å². The number of hydrogen-bond donors (Lipinski definition) is 0. The molecule has 0 saturated heterocycles. The highest BCUT2D eigenvalue weighted by atomic mass is 32.2. The van der Waals surface area contributed by atoms with Crippen LogP contribution in [0.3, 0.4) is 0 Å². The van der Waals surface area contributed by atoms with Gasteiger partial charge in [-0.1, -0.05) is 13.0 Å². The van der Waals surface area contributed by atoms with E-state index in [-0.39, 0.29) is 17.2 Å². The largest absolute Gasteiger partial charge is 0.416 e. The van der Waals surface area contributed by atoms with E-state index in [1.165, 1.54) is 12.3 Å².